The van der Waals surface area contributed by atoms with Crippen molar-refractivity contribution in [2.75, 3.05) is 25.2 Å². The average molecular weight is 379 g/mol. The molecule has 0 aliphatic carbocycles. The molecule has 2 saturated heterocycles. The van der Waals surface area contributed by atoms with Crippen LogP contribution in [0, 0.1) is 0 Å². The van der Waals surface area contributed by atoms with Crippen molar-refractivity contribution in [3.63, 3.8) is 0 Å². The van der Waals surface area contributed by atoms with E-state index in [1.807, 2.05) is 29.0 Å². The number of piperidine rings is 1. The van der Waals surface area contributed by atoms with E-state index in [9.17, 15) is 4.79 Å². The predicted molar refractivity (Wildman–Crippen MR) is 107 cm³/mol. The van der Waals surface area contributed by atoms with Gasteiger partial charge in [-0.1, -0.05) is 12.1 Å². The van der Waals surface area contributed by atoms with Gasteiger partial charge in [0.15, 0.2) is 0 Å². The zero-order valence-corrected chi connectivity index (χ0v) is 16.0. The molecule has 28 heavy (non-hydrogen) atoms. The van der Waals surface area contributed by atoms with Crippen LogP contribution in [0.5, 0.6) is 0 Å². The van der Waals surface area contributed by atoms with E-state index in [-0.39, 0.29) is 0 Å². The third-order valence-corrected chi connectivity index (χ3v) is 6.33. The van der Waals surface area contributed by atoms with E-state index >= 15 is 0 Å². The van der Waals surface area contributed by atoms with E-state index in [1.165, 1.54) is 0 Å². The molecule has 146 valence electrons. The summed E-state index contributed by atoms with van der Waals surface area (Å²) in [6.07, 6.45) is 10.7. The van der Waals surface area contributed by atoms with Crippen LogP contribution in [0.1, 0.15) is 28.8 Å². The van der Waals surface area contributed by atoms with Crippen LogP contribution in [0.2, 0.25) is 0 Å². The minimum absolute atomic E-state index is 0.350. The molecule has 3 aliphatic heterocycles. The van der Waals surface area contributed by atoms with Crippen molar-refractivity contribution >= 4 is 11.7 Å². The number of morpholine rings is 1. The van der Waals surface area contributed by atoms with Crippen LogP contribution in [0.25, 0.3) is 5.82 Å². The maximum Gasteiger partial charge on any atom is 0.250 e. The number of amides is 1. The predicted octanol–water partition coefficient (Wildman–Crippen LogP) is 1.71. The highest BCUT2D eigenvalue weighted by molar-refractivity contribution is 5.96. The SMILES string of the molecule is CN1[C@@H]2COC[C@H]1C[C@@H](N1C=CCc3c(C(N)=O)cn(-c4ccccn4)c31)C2. The highest BCUT2D eigenvalue weighted by Gasteiger charge is 2.40. The van der Waals surface area contributed by atoms with Crippen molar-refractivity contribution in [2.24, 2.45) is 5.73 Å². The Balaban J connectivity index is 1.59. The van der Waals surface area contributed by atoms with Crippen LogP contribution in [-0.2, 0) is 11.2 Å². The largest absolute Gasteiger partial charge is 0.378 e. The number of fused-ring (bicyclic) bond motifs is 3. The van der Waals surface area contributed by atoms with Crippen molar-refractivity contribution in [2.45, 2.75) is 37.4 Å². The number of rotatable bonds is 3. The first-order chi connectivity index (χ1) is 13.6. The van der Waals surface area contributed by atoms with E-state index in [0.717, 1.165) is 43.3 Å². The van der Waals surface area contributed by atoms with Gasteiger partial charge in [-0.2, -0.15) is 0 Å². The van der Waals surface area contributed by atoms with Gasteiger partial charge in [-0.15, -0.1) is 0 Å². The molecule has 0 radical (unpaired) electrons. The van der Waals surface area contributed by atoms with Gasteiger partial charge in [0.05, 0.1) is 18.8 Å². The monoisotopic (exact) mass is 379 g/mol. The van der Waals surface area contributed by atoms with E-state index in [4.69, 9.17) is 10.5 Å². The fourth-order valence-electron chi connectivity index (χ4n) is 4.84. The van der Waals surface area contributed by atoms with Gasteiger partial charge in [-0.3, -0.25) is 14.3 Å². The van der Waals surface area contributed by atoms with Crippen LogP contribution in [0.3, 0.4) is 0 Å². The van der Waals surface area contributed by atoms with Crippen LogP contribution in [-0.4, -0.2) is 58.7 Å². The molecular weight excluding hydrogens is 354 g/mol. The number of nitrogens with two attached hydrogens (primary N) is 1. The van der Waals surface area contributed by atoms with Crippen molar-refractivity contribution < 1.29 is 9.53 Å². The number of ether oxygens (including phenoxy) is 1. The van der Waals surface area contributed by atoms with E-state index in [2.05, 4.69) is 34.1 Å². The number of anilines is 1. The molecule has 0 saturated carbocycles. The van der Waals surface area contributed by atoms with Gasteiger partial charge in [0, 0.05) is 42.3 Å². The number of hydrogen-bond acceptors (Lipinski definition) is 5. The van der Waals surface area contributed by atoms with Gasteiger partial charge in [0.2, 0.25) is 0 Å². The van der Waals surface area contributed by atoms with E-state index in [0.29, 0.717) is 30.1 Å². The lowest BCUT2D eigenvalue weighted by Gasteiger charge is -2.49. The first-order valence-corrected chi connectivity index (χ1v) is 9.83. The molecule has 5 rings (SSSR count). The van der Waals surface area contributed by atoms with Crippen LogP contribution in [0.4, 0.5) is 5.82 Å². The smallest absolute Gasteiger partial charge is 0.250 e. The van der Waals surface area contributed by atoms with Gasteiger partial charge in [-0.05, 0) is 38.4 Å². The Morgan fingerprint density at radius 2 is 2.00 bits per heavy atom. The average Bonchev–Trinajstić information content (AvgIpc) is 3.09. The zero-order chi connectivity index (χ0) is 19.3. The second-order valence-corrected chi connectivity index (χ2v) is 7.90. The summed E-state index contributed by atoms with van der Waals surface area (Å²) in [5.74, 6) is 1.42. The fraction of sp³-hybridized carbons (Fsp3) is 0.429. The van der Waals surface area contributed by atoms with Crippen LogP contribution in [0.15, 0.2) is 42.9 Å². The van der Waals surface area contributed by atoms with Crippen LogP contribution < -0.4 is 10.6 Å². The summed E-state index contributed by atoms with van der Waals surface area (Å²) in [4.78, 5) is 21.4. The summed E-state index contributed by atoms with van der Waals surface area (Å²) < 4.78 is 7.80. The number of pyridine rings is 1. The number of nitrogens with zero attached hydrogens (tertiary/aromatic N) is 4. The second kappa shape index (κ2) is 6.76. The highest BCUT2D eigenvalue weighted by atomic mass is 16.5. The molecule has 0 unspecified atom stereocenters. The molecule has 0 spiro atoms. The van der Waals surface area contributed by atoms with E-state index < -0.39 is 5.91 Å². The molecule has 2 bridgehead atoms. The number of carbonyl (C=O) groups is 1. The van der Waals surface area contributed by atoms with E-state index in [1.54, 1.807) is 6.20 Å². The fourth-order valence-corrected chi connectivity index (χ4v) is 4.84. The lowest BCUT2D eigenvalue weighted by molar-refractivity contribution is -0.0645. The maximum atomic E-state index is 12.1. The third-order valence-electron chi connectivity index (χ3n) is 6.33. The number of allylic oxidation sites excluding steroid dienone is 1. The minimum atomic E-state index is -0.394. The number of primary amides is 1. The second-order valence-electron chi connectivity index (χ2n) is 7.90. The van der Waals surface area contributed by atoms with Gasteiger partial charge in [-0.25, -0.2) is 4.98 Å². The Kier molecular flexibility index (Phi) is 4.21. The Hall–Kier alpha value is -2.64. The zero-order valence-electron chi connectivity index (χ0n) is 16.0. The number of aromatic nitrogens is 2. The molecule has 2 fully saturated rings. The number of carbonyl (C=O) groups excluding carboxylic acids is 1. The summed E-state index contributed by atoms with van der Waals surface area (Å²) in [6.45, 7) is 1.56. The normalized spacial score (nSPS) is 26.9. The third kappa shape index (κ3) is 2.73. The first-order valence-electron chi connectivity index (χ1n) is 9.83. The molecular formula is C21H25N5O2. The summed E-state index contributed by atoms with van der Waals surface area (Å²) in [5.41, 5.74) is 7.27. The molecule has 3 atom stereocenters. The van der Waals surface area contributed by atoms with Gasteiger partial charge < -0.3 is 15.4 Å². The summed E-state index contributed by atoms with van der Waals surface area (Å²) in [6, 6.07) is 7.00. The molecule has 7 heteroatoms. The molecule has 7 nitrogen and oxygen atoms in total. The first kappa shape index (κ1) is 17.5. The van der Waals surface area contributed by atoms with Crippen molar-refractivity contribution in [3.05, 3.63) is 54.0 Å². The molecule has 0 aromatic carbocycles. The Morgan fingerprint density at radius 1 is 1.21 bits per heavy atom. The maximum absolute atomic E-state index is 12.1. The summed E-state index contributed by atoms with van der Waals surface area (Å²) >= 11 is 0. The van der Waals surface area contributed by atoms with Gasteiger partial charge in [0.1, 0.15) is 11.6 Å². The lowest BCUT2D eigenvalue weighted by atomic mass is 9.89. The Bertz CT molecular complexity index is 908. The number of likely N-dealkylation sites (N-methyl/N-ethyl adjacent to an activating group) is 1. The molecule has 1 amide bonds. The molecule has 3 aliphatic rings. The molecule has 2 aromatic rings. The highest BCUT2D eigenvalue weighted by Crippen LogP contribution is 2.38. The van der Waals surface area contributed by atoms with Crippen molar-refractivity contribution in [1.82, 2.24) is 14.5 Å². The molecule has 5 heterocycles. The Labute approximate surface area is 164 Å². The summed E-state index contributed by atoms with van der Waals surface area (Å²) in [5, 5.41) is 0. The molecule has 2 N–H and O–H groups in total. The standard InChI is InChI=1S/C21H25N5O2/c1-24-15-9-14(10-16(24)13-28-12-15)25-8-4-5-17-18(20(22)27)11-26(21(17)25)19-6-2-3-7-23-19/h2-4,6-8,11,14-16H,5,9-10,12-13H2,1H3,(H2,22,27)/t14-,15-,16+. The number of hydrogen-bond donors (Lipinski definition) is 1. The van der Waals surface area contributed by atoms with Gasteiger partial charge >= 0.3 is 0 Å². The molecule has 2 aromatic heterocycles. The topological polar surface area (TPSA) is 76.6 Å². The lowest BCUT2D eigenvalue weighted by Crippen LogP contribution is -2.59. The quantitative estimate of drug-likeness (QED) is 0.879. The van der Waals surface area contributed by atoms with Gasteiger partial charge in [0.25, 0.3) is 5.91 Å². The minimum Gasteiger partial charge on any atom is -0.378 e. The van der Waals surface area contributed by atoms with Crippen LogP contribution >= 0.6 is 0 Å². The van der Waals surface area contributed by atoms with Crippen molar-refractivity contribution in [1.29, 1.82) is 0 Å². The summed E-state index contributed by atoms with van der Waals surface area (Å²) in [7, 11) is 2.20. The Morgan fingerprint density at radius 3 is 2.68 bits per heavy atom. The van der Waals surface area contributed by atoms with Crippen molar-refractivity contribution in [3.8, 4) is 5.82 Å².